The number of carbonyl (C=O) groups excluding carboxylic acids is 1. The van der Waals surface area contributed by atoms with Crippen LogP contribution in [0.3, 0.4) is 0 Å². The monoisotopic (exact) mass is 206 g/mol. The van der Waals surface area contributed by atoms with Crippen molar-refractivity contribution in [3.63, 3.8) is 0 Å². The molecule has 0 bridgehead atoms. The van der Waals surface area contributed by atoms with Gasteiger partial charge in [0, 0.05) is 5.71 Å². The number of hydrogen-bond donors (Lipinski definition) is 1. The van der Waals surface area contributed by atoms with Crippen LogP contribution < -0.4 is 5.43 Å². The van der Waals surface area contributed by atoms with Crippen molar-refractivity contribution < 1.29 is 9.18 Å². The highest BCUT2D eigenvalue weighted by Crippen LogP contribution is 2.15. The zero-order valence-electron chi connectivity index (χ0n) is 8.33. The van der Waals surface area contributed by atoms with Gasteiger partial charge in [-0.25, -0.2) is 9.82 Å². The van der Waals surface area contributed by atoms with Gasteiger partial charge in [0.1, 0.15) is 5.82 Å². The number of amides is 1. The average molecular weight is 206 g/mol. The summed E-state index contributed by atoms with van der Waals surface area (Å²) in [5, 5.41) is 3.84. The highest BCUT2D eigenvalue weighted by atomic mass is 19.1. The van der Waals surface area contributed by atoms with Gasteiger partial charge < -0.3 is 0 Å². The smallest absolute Gasteiger partial charge is 0.249 e. The molecule has 1 aromatic rings. The van der Waals surface area contributed by atoms with E-state index in [0.717, 1.165) is 11.3 Å². The first-order valence-electron chi connectivity index (χ1n) is 4.75. The third-order valence-electron chi connectivity index (χ3n) is 2.49. The number of rotatable bonds is 2. The second kappa shape index (κ2) is 3.81. The fourth-order valence-corrected chi connectivity index (χ4v) is 1.63. The van der Waals surface area contributed by atoms with Gasteiger partial charge in [-0.05, 0) is 31.0 Å². The molecule has 1 heterocycles. The molecule has 15 heavy (non-hydrogen) atoms. The molecule has 0 fully saturated rings. The van der Waals surface area contributed by atoms with E-state index < -0.39 is 0 Å². The van der Waals surface area contributed by atoms with Gasteiger partial charge in [-0.2, -0.15) is 5.10 Å². The Balaban J connectivity index is 2.15. The fourth-order valence-electron chi connectivity index (χ4n) is 1.63. The van der Waals surface area contributed by atoms with E-state index >= 15 is 0 Å². The average Bonchev–Trinajstić information content (AvgIpc) is 2.50. The molecule has 0 aliphatic carbocycles. The Morgan fingerprint density at radius 3 is 2.93 bits per heavy atom. The quantitative estimate of drug-likeness (QED) is 0.782. The third kappa shape index (κ3) is 2.03. The lowest BCUT2D eigenvalue weighted by atomic mass is 9.95. The van der Waals surface area contributed by atoms with E-state index in [4.69, 9.17) is 0 Å². The molecule has 0 saturated heterocycles. The summed E-state index contributed by atoms with van der Waals surface area (Å²) in [4.78, 5) is 11.4. The highest BCUT2D eigenvalue weighted by Gasteiger charge is 2.26. The zero-order chi connectivity index (χ0) is 10.8. The topological polar surface area (TPSA) is 41.5 Å². The van der Waals surface area contributed by atoms with Gasteiger partial charge in [0.15, 0.2) is 0 Å². The molecule has 1 unspecified atom stereocenters. The fraction of sp³-hybridized carbons (Fsp3) is 0.273. The second-order valence-electron chi connectivity index (χ2n) is 3.62. The number of hydrazone groups is 1. The number of hydrogen-bond acceptors (Lipinski definition) is 2. The minimum Gasteiger partial charge on any atom is -0.272 e. The van der Waals surface area contributed by atoms with Crippen LogP contribution in [-0.4, -0.2) is 11.6 Å². The summed E-state index contributed by atoms with van der Waals surface area (Å²) in [6.45, 7) is 1.79. The van der Waals surface area contributed by atoms with Crippen molar-refractivity contribution in [3.05, 3.63) is 35.6 Å². The van der Waals surface area contributed by atoms with Gasteiger partial charge in [0.2, 0.25) is 5.91 Å². The molecule has 1 amide bonds. The standard InChI is InChI=1S/C11H11FN2O/c1-7-10(11(15)14-13-7)6-8-3-2-4-9(12)5-8/h2-5,10H,6H2,1H3,(H,14,15). The first-order chi connectivity index (χ1) is 7.16. The van der Waals surface area contributed by atoms with Crippen LogP contribution in [0.1, 0.15) is 12.5 Å². The Morgan fingerprint density at radius 1 is 1.53 bits per heavy atom. The number of nitrogens with zero attached hydrogens (tertiary/aromatic N) is 1. The van der Waals surface area contributed by atoms with Crippen molar-refractivity contribution in [1.82, 2.24) is 5.43 Å². The molecule has 1 N–H and O–H groups in total. The van der Waals surface area contributed by atoms with Gasteiger partial charge >= 0.3 is 0 Å². The van der Waals surface area contributed by atoms with Crippen molar-refractivity contribution >= 4 is 11.6 Å². The van der Waals surface area contributed by atoms with E-state index in [1.54, 1.807) is 13.0 Å². The molecule has 78 valence electrons. The first kappa shape index (κ1) is 9.83. The largest absolute Gasteiger partial charge is 0.272 e. The SMILES string of the molecule is CC1=NNC(=O)C1Cc1cccc(F)c1. The van der Waals surface area contributed by atoms with Crippen LogP contribution in [0.5, 0.6) is 0 Å². The number of carbonyl (C=O) groups is 1. The van der Waals surface area contributed by atoms with Crippen LogP contribution in [0.4, 0.5) is 4.39 Å². The summed E-state index contributed by atoms with van der Waals surface area (Å²) in [6.07, 6.45) is 0.499. The van der Waals surface area contributed by atoms with E-state index in [1.165, 1.54) is 12.1 Å². The van der Waals surface area contributed by atoms with Gasteiger partial charge in [-0.3, -0.25) is 4.79 Å². The van der Waals surface area contributed by atoms with Crippen LogP contribution in [0.25, 0.3) is 0 Å². The van der Waals surface area contributed by atoms with Crippen molar-refractivity contribution in [3.8, 4) is 0 Å². The summed E-state index contributed by atoms with van der Waals surface area (Å²) >= 11 is 0. The molecule has 2 rings (SSSR count). The van der Waals surface area contributed by atoms with Crippen LogP contribution in [0.2, 0.25) is 0 Å². The maximum absolute atomic E-state index is 12.9. The van der Waals surface area contributed by atoms with Crippen molar-refractivity contribution in [2.45, 2.75) is 13.3 Å². The number of halogens is 1. The molecule has 0 saturated carbocycles. The van der Waals surface area contributed by atoms with Crippen LogP contribution in [0, 0.1) is 11.7 Å². The van der Waals surface area contributed by atoms with E-state index in [2.05, 4.69) is 10.5 Å². The molecule has 4 heteroatoms. The lowest BCUT2D eigenvalue weighted by Crippen LogP contribution is -2.24. The summed E-state index contributed by atoms with van der Waals surface area (Å²) in [7, 11) is 0. The Hall–Kier alpha value is -1.71. The van der Waals surface area contributed by atoms with Gasteiger partial charge in [-0.1, -0.05) is 12.1 Å². The lowest BCUT2D eigenvalue weighted by Gasteiger charge is -2.07. The van der Waals surface area contributed by atoms with Crippen LogP contribution in [0.15, 0.2) is 29.4 Å². The maximum Gasteiger partial charge on any atom is 0.249 e. The molecule has 1 aromatic carbocycles. The molecule has 0 radical (unpaired) electrons. The Labute approximate surface area is 87.0 Å². The van der Waals surface area contributed by atoms with Crippen molar-refractivity contribution in [2.24, 2.45) is 11.0 Å². The Morgan fingerprint density at radius 2 is 2.33 bits per heavy atom. The second-order valence-corrected chi connectivity index (χ2v) is 3.62. The Bertz CT molecular complexity index is 428. The molecule has 1 aliphatic heterocycles. The normalized spacial score (nSPS) is 20.0. The third-order valence-corrected chi connectivity index (χ3v) is 2.49. The summed E-state index contributed by atoms with van der Waals surface area (Å²) in [5.41, 5.74) is 3.98. The van der Waals surface area contributed by atoms with E-state index in [1.807, 2.05) is 6.07 Å². The molecule has 1 aliphatic rings. The lowest BCUT2D eigenvalue weighted by molar-refractivity contribution is -0.122. The molecular weight excluding hydrogens is 195 g/mol. The van der Waals surface area contributed by atoms with Gasteiger partial charge in [0.05, 0.1) is 5.92 Å². The highest BCUT2D eigenvalue weighted by molar-refractivity contribution is 6.07. The minimum absolute atomic E-state index is 0.114. The van der Waals surface area contributed by atoms with Gasteiger partial charge in [0.25, 0.3) is 0 Å². The zero-order valence-corrected chi connectivity index (χ0v) is 8.33. The van der Waals surface area contributed by atoms with Crippen molar-refractivity contribution in [1.29, 1.82) is 0 Å². The molecule has 0 aromatic heterocycles. The number of benzene rings is 1. The van der Waals surface area contributed by atoms with Crippen LogP contribution in [-0.2, 0) is 11.2 Å². The number of nitrogens with one attached hydrogen (secondary N) is 1. The molecular formula is C11H11FN2O. The molecule has 1 atom stereocenters. The van der Waals surface area contributed by atoms with Gasteiger partial charge in [-0.15, -0.1) is 0 Å². The summed E-state index contributed by atoms with van der Waals surface area (Å²) in [5.74, 6) is -0.649. The van der Waals surface area contributed by atoms with E-state index in [0.29, 0.717) is 6.42 Å². The van der Waals surface area contributed by atoms with Crippen LogP contribution >= 0.6 is 0 Å². The maximum atomic E-state index is 12.9. The first-order valence-corrected chi connectivity index (χ1v) is 4.75. The van der Waals surface area contributed by atoms with E-state index in [9.17, 15) is 9.18 Å². The van der Waals surface area contributed by atoms with Crippen molar-refractivity contribution in [2.75, 3.05) is 0 Å². The van der Waals surface area contributed by atoms with E-state index in [-0.39, 0.29) is 17.6 Å². The predicted molar refractivity (Wildman–Crippen MR) is 54.8 cm³/mol. The summed E-state index contributed by atoms with van der Waals surface area (Å²) in [6, 6.07) is 6.28. The molecule has 0 spiro atoms. The summed E-state index contributed by atoms with van der Waals surface area (Å²) < 4.78 is 12.9. The molecule has 3 nitrogen and oxygen atoms in total. The minimum atomic E-state index is -0.277. The Kier molecular flexibility index (Phi) is 2.49. The predicted octanol–water partition coefficient (Wildman–Crippen LogP) is 1.49.